The Morgan fingerprint density at radius 3 is 1.32 bits per heavy atom. The summed E-state index contributed by atoms with van der Waals surface area (Å²) in [5.74, 6) is -1.05. The molecule has 0 saturated heterocycles. The van der Waals surface area contributed by atoms with Crippen molar-refractivity contribution in [1.29, 1.82) is 0 Å². The number of rotatable bonds is 23. The zero-order chi connectivity index (χ0) is 22.8. The molecular weight excluding hydrogens is 392 g/mol. The maximum atomic E-state index is 11.5. The van der Waals surface area contributed by atoms with E-state index in [9.17, 15) is 9.59 Å². The van der Waals surface area contributed by atoms with E-state index < -0.39 is 11.9 Å². The molecule has 0 saturated carbocycles. The largest absolute Gasteiger partial charge is 0.463 e. The third-order valence-corrected chi connectivity index (χ3v) is 5.27. The second-order valence-electron chi connectivity index (χ2n) is 8.17. The normalized spacial score (nSPS) is 11.2. The Morgan fingerprint density at radius 1 is 0.516 bits per heavy atom. The lowest BCUT2D eigenvalue weighted by atomic mass is 10.0. The summed E-state index contributed by atoms with van der Waals surface area (Å²) >= 11 is 0. The lowest BCUT2D eigenvalue weighted by Gasteiger charge is -2.04. The fraction of sp³-hybridized carbons (Fsp3) is 0.846. The summed E-state index contributed by atoms with van der Waals surface area (Å²) in [7, 11) is 0. The standard InChI is InChI=1S/C26H48O5/c1-3-5-6-7-8-9-10-11-12-13-14-15-16-17-18-19-22-30-25(27)20-21-26(28)31-24-23-29-4-2/h20-21H,3-19,22-24H2,1-2H3/b21-20+. The van der Waals surface area contributed by atoms with Crippen LogP contribution >= 0.6 is 0 Å². The molecule has 0 aliphatic rings. The smallest absolute Gasteiger partial charge is 0.331 e. The minimum absolute atomic E-state index is 0.186. The molecule has 0 atom stereocenters. The van der Waals surface area contributed by atoms with Crippen molar-refractivity contribution in [2.45, 2.75) is 117 Å². The predicted molar refractivity (Wildman–Crippen MR) is 127 cm³/mol. The molecule has 0 N–H and O–H groups in total. The van der Waals surface area contributed by atoms with Crippen LogP contribution in [0.2, 0.25) is 0 Å². The highest BCUT2D eigenvalue weighted by molar-refractivity contribution is 5.91. The van der Waals surface area contributed by atoms with Gasteiger partial charge in [0.05, 0.1) is 13.2 Å². The van der Waals surface area contributed by atoms with E-state index in [1.807, 2.05) is 6.92 Å². The highest BCUT2D eigenvalue weighted by Crippen LogP contribution is 2.13. The van der Waals surface area contributed by atoms with E-state index in [1.165, 1.54) is 89.9 Å². The van der Waals surface area contributed by atoms with Gasteiger partial charge >= 0.3 is 11.9 Å². The lowest BCUT2D eigenvalue weighted by molar-refractivity contribution is -0.141. The average molecular weight is 441 g/mol. The van der Waals surface area contributed by atoms with Crippen molar-refractivity contribution in [3.8, 4) is 0 Å². The third kappa shape index (κ3) is 24.8. The SMILES string of the molecule is CCCCCCCCCCCCCCCCCCOC(=O)/C=C/C(=O)OCCOCC. The van der Waals surface area contributed by atoms with Gasteiger partial charge in [-0.15, -0.1) is 0 Å². The van der Waals surface area contributed by atoms with Crippen LogP contribution in [0, 0.1) is 0 Å². The van der Waals surface area contributed by atoms with Crippen molar-refractivity contribution in [2.75, 3.05) is 26.4 Å². The highest BCUT2D eigenvalue weighted by Gasteiger charge is 2.01. The van der Waals surface area contributed by atoms with Crippen LogP contribution in [-0.2, 0) is 23.8 Å². The average Bonchev–Trinajstić information content (AvgIpc) is 2.77. The molecular formula is C26H48O5. The van der Waals surface area contributed by atoms with Gasteiger partial charge in [0.25, 0.3) is 0 Å². The van der Waals surface area contributed by atoms with Crippen LogP contribution < -0.4 is 0 Å². The summed E-state index contributed by atoms with van der Waals surface area (Å²) in [6, 6.07) is 0. The van der Waals surface area contributed by atoms with Gasteiger partial charge in [-0.1, -0.05) is 103 Å². The summed E-state index contributed by atoms with van der Waals surface area (Å²) in [5, 5.41) is 0. The summed E-state index contributed by atoms with van der Waals surface area (Å²) in [6.07, 6.45) is 23.3. The van der Waals surface area contributed by atoms with Crippen molar-refractivity contribution < 1.29 is 23.8 Å². The van der Waals surface area contributed by atoms with E-state index in [0.717, 1.165) is 25.0 Å². The maximum Gasteiger partial charge on any atom is 0.331 e. The van der Waals surface area contributed by atoms with E-state index in [-0.39, 0.29) is 6.61 Å². The predicted octanol–water partition coefficient (Wildman–Crippen LogP) is 6.93. The Labute approximate surface area is 191 Å². The van der Waals surface area contributed by atoms with Gasteiger partial charge in [-0.3, -0.25) is 0 Å². The van der Waals surface area contributed by atoms with Crippen LogP contribution in [-0.4, -0.2) is 38.4 Å². The molecule has 0 heterocycles. The highest BCUT2D eigenvalue weighted by atomic mass is 16.6. The summed E-state index contributed by atoms with van der Waals surface area (Å²) in [6.45, 7) is 5.68. The quantitative estimate of drug-likeness (QED) is 0.0979. The zero-order valence-corrected chi connectivity index (χ0v) is 20.3. The number of carbonyl (C=O) groups is 2. The van der Waals surface area contributed by atoms with Crippen LogP contribution in [0.3, 0.4) is 0 Å². The summed E-state index contributed by atoms with van der Waals surface area (Å²) in [4.78, 5) is 22.9. The molecule has 0 spiro atoms. The minimum atomic E-state index is -0.556. The molecule has 0 radical (unpaired) electrons. The second-order valence-corrected chi connectivity index (χ2v) is 8.17. The molecule has 0 aromatic carbocycles. The first-order chi connectivity index (χ1) is 15.2. The zero-order valence-electron chi connectivity index (χ0n) is 20.3. The van der Waals surface area contributed by atoms with Gasteiger partial charge in [0.15, 0.2) is 0 Å². The Morgan fingerprint density at radius 2 is 0.903 bits per heavy atom. The Kier molecular flexibility index (Phi) is 23.8. The van der Waals surface area contributed by atoms with Crippen LogP contribution in [0.15, 0.2) is 12.2 Å². The molecule has 0 unspecified atom stereocenters. The number of hydrogen-bond donors (Lipinski definition) is 0. The van der Waals surface area contributed by atoms with Crippen molar-refractivity contribution in [3.63, 3.8) is 0 Å². The third-order valence-electron chi connectivity index (χ3n) is 5.27. The van der Waals surface area contributed by atoms with Gasteiger partial charge in [0, 0.05) is 18.8 Å². The van der Waals surface area contributed by atoms with Crippen LogP contribution in [0.5, 0.6) is 0 Å². The molecule has 31 heavy (non-hydrogen) atoms. The van der Waals surface area contributed by atoms with Gasteiger partial charge in [-0.2, -0.15) is 0 Å². The fourth-order valence-electron chi connectivity index (χ4n) is 3.40. The Hall–Kier alpha value is -1.36. The van der Waals surface area contributed by atoms with E-state index in [4.69, 9.17) is 14.2 Å². The van der Waals surface area contributed by atoms with E-state index >= 15 is 0 Å². The molecule has 5 nitrogen and oxygen atoms in total. The number of esters is 2. The Bertz CT molecular complexity index is 434. The van der Waals surface area contributed by atoms with E-state index in [0.29, 0.717) is 19.8 Å². The van der Waals surface area contributed by atoms with E-state index in [2.05, 4.69) is 6.92 Å². The van der Waals surface area contributed by atoms with Gasteiger partial charge in [0.2, 0.25) is 0 Å². The maximum absolute atomic E-state index is 11.5. The molecule has 0 rings (SSSR count). The monoisotopic (exact) mass is 440 g/mol. The molecule has 0 aliphatic heterocycles. The van der Waals surface area contributed by atoms with Crippen molar-refractivity contribution in [1.82, 2.24) is 0 Å². The minimum Gasteiger partial charge on any atom is -0.463 e. The Balaban J connectivity index is 3.29. The number of hydrogen-bond acceptors (Lipinski definition) is 5. The van der Waals surface area contributed by atoms with Gasteiger partial charge < -0.3 is 14.2 Å². The van der Waals surface area contributed by atoms with Crippen molar-refractivity contribution in [2.24, 2.45) is 0 Å². The summed E-state index contributed by atoms with van der Waals surface area (Å²) in [5.41, 5.74) is 0. The number of ether oxygens (including phenoxy) is 3. The molecule has 182 valence electrons. The summed E-state index contributed by atoms with van der Waals surface area (Å²) < 4.78 is 15.0. The first kappa shape index (κ1) is 29.6. The van der Waals surface area contributed by atoms with Crippen LogP contribution in [0.4, 0.5) is 0 Å². The second kappa shape index (κ2) is 24.9. The van der Waals surface area contributed by atoms with E-state index in [1.54, 1.807) is 0 Å². The number of unbranched alkanes of at least 4 members (excludes halogenated alkanes) is 15. The molecule has 5 heteroatoms. The molecule has 0 aromatic rings. The molecule has 0 amide bonds. The van der Waals surface area contributed by atoms with Gasteiger partial charge in [-0.05, 0) is 13.3 Å². The van der Waals surface area contributed by atoms with Crippen molar-refractivity contribution in [3.05, 3.63) is 12.2 Å². The first-order valence-electron chi connectivity index (χ1n) is 12.8. The molecule has 0 fully saturated rings. The number of carbonyl (C=O) groups excluding carboxylic acids is 2. The fourth-order valence-corrected chi connectivity index (χ4v) is 3.40. The lowest BCUT2D eigenvalue weighted by Crippen LogP contribution is -2.09. The molecule has 0 aromatic heterocycles. The molecule has 0 bridgehead atoms. The topological polar surface area (TPSA) is 61.8 Å². The van der Waals surface area contributed by atoms with Gasteiger partial charge in [0.1, 0.15) is 6.61 Å². The first-order valence-corrected chi connectivity index (χ1v) is 12.8. The molecule has 0 aliphatic carbocycles. The van der Waals surface area contributed by atoms with Crippen LogP contribution in [0.25, 0.3) is 0 Å². The van der Waals surface area contributed by atoms with Crippen molar-refractivity contribution >= 4 is 11.9 Å². The van der Waals surface area contributed by atoms with Gasteiger partial charge in [-0.25, -0.2) is 9.59 Å². The van der Waals surface area contributed by atoms with Crippen LogP contribution in [0.1, 0.15) is 117 Å².